The molecule has 10 heteroatoms. The summed E-state index contributed by atoms with van der Waals surface area (Å²) in [5.74, 6) is 0.899. The predicted molar refractivity (Wildman–Crippen MR) is 114 cm³/mol. The molecular weight excluding hydrogens is 412 g/mol. The first kappa shape index (κ1) is 19.6. The van der Waals surface area contributed by atoms with Crippen molar-refractivity contribution in [2.45, 2.75) is 19.4 Å². The van der Waals surface area contributed by atoms with Crippen LogP contribution in [0.5, 0.6) is 0 Å². The normalized spacial score (nSPS) is 16.1. The summed E-state index contributed by atoms with van der Waals surface area (Å²) in [7, 11) is 0. The molecule has 3 heterocycles. The standard InChI is InChI=1S/C19H19ClN6O2S/c1-11-3-2-4-13(20)15(11)24-18(28)14-9-23-19(29-14)25-16-17(22-7-6-21-16)26-8-5-12(27)10-26/h2-4,6-7,9,12,27H,5,8,10H2,1H3,(H,24,28)(H,21,23,25). The number of anilines is 4. The van der Waals surface area contributed by atoms with Gasteiger partial charge < -0.3 is 20.6 Å². The van der Waals surface area contributed by atoms with Crippen LogP contribution in [-0.4, -0.2) is 45.2 Å². The van der Waals surface area contributed by atoms with Crippen molar-refractivity contribution in [3.05, 3.63) is 52.3 Å². The van der Waals surface area contributed by atoms with Crippen LogP contribution in [0.25, 0.3) is 0 Å². The van der Waals surface area contributed by atoms with Gasteiger partial charge in [0.05, 0.1) is 23.0 Å². The van der Waals surface area contributed by atoms with Gasteiger partial charge in [-0.2, -0.15) is 0 Å². The molecule has 0 saturated carbocycles. The summed E-state index contributed by atoms with van der Waals surface area (Å²) in [6.45, 7) is 3.10. The molecule has 0 radical (unpaired) electrons. The smallest absolute Gasteiger partial charge is 0.267 e. The zero-order valence-electron chi connectivity index (χ0n) is 15.6. The van der Waals surface area contributed by atoms with E-state index in [9.17, 15) is 9.90 Å². The number of thiazole rings is 1. The van der Waals surface area contributed by atoms with Crippen LogP contribution >= 0.6 is 22.9 Å². The molecule has 1 unspecified atom stereocenters. The first-order valence-corrected chi connectivity index (χ1v) is 10.2. The minimum Gasteiger partial charge on any atom is -0.391 e. The molecule has 1 atom stereocenters. The molecule has 150 valence electrons. The number of aliphatic hydroxyl groups is 1. The number of amides is 1. The van der Waals surface area contributed by atoms with E-state index in [4.69, 9.17) is 11.6 Å². The number of nitrogens with one attached hydrogen (secondary N) is 2. The first-order chi connectivity index (χ1) is 14.0. The predicted octanol–water partition coefficient (Wildman–Crippen LogP) is 3.46. The minimum absolute atomic E-state index is 0.284. The quantitative estimate of drug-likeness (QED) is 0.569. The molecule has 1 amide bonds. The lowest BCUT2D eigenvalue weighted by Gasteiger charge is -2.18. The summed E-state index contributed by atoms with van der Waals surface area (Å²) in [6, 6.07) is 5.45. The van der Waals surface area contributed by atoms with Crippen molar-refractivity contribution in [3.63, 3.8) is 0 Å². The maximum absolute atomic E-state index is 12.6. The van der Waals surface area contributed by atoms with Crippen LogP contribution in [0.4, 0.5) is 22.5 Å². The van der Waals surface area contributed by atoms with Crippen molar-refractivity contribution in [2.24, 2.45) is 0 Å². The molecule has 3 N–H and O–H groups in total. The number of rotatable bonds is 5. The summed E-state index contributed by atoms with van der Waals surface area (Å²) < 4.78 is 0. The monoisotopic (exact) mass is 430 g/mol. The highest BCUT2D eigenvalue weighted by atomic mass is 35.5. The van der Waals surface area contributed by atoms with Crippen molar-refractivity contribution >= 4 is 51.3 Å². The van der Waals surface area contributed by atoms with Crippen LogP contribution < -0.4 is 15.5 Å². The molecule has 3 aromatic rings. The lowest BCUT2D eigenvalue weighted by atomic mass is 10.2. The molecule has 2 aromatic heterocycles. The number of benzene rings is 1. The highest BCUT2D eigenvalue weighted by Gasteiger charge is 2.24. The van der Waals surface area contributed by atoms with Crippen LogP contribution in [0.1, 0.15) is 21.7 Å². The number of aromatic nitrogens is 3. The van der Waals surface area contributed by atoms with Gasteiger partial charge in [-0.15, -0.1) is 0 Å². The molecule has 1 fully saturated rings. The molecule has 1 aliphatic rings. The second kappa shape index (κ2) is 8.32. The number of aliphatic hydroxyl groups excluding tert-OH is 1. The molecule has 8 nitrogen and oxygen atoms in total. The van der Waals surface area contributed by atoms with Crippen LogP contribution in [0, 0.1) is 6.92 Å². The maximum Gasteiger partial charge on any atom is 0.267 e. The zero-order valence-corrected chi connectivity index (χ0v) is 17.2. The molecule has 29 heavy (non-hydrogen) atoms. The van der Waals surface area contributed by atoms with Gasteiger partial charge in [0.25, 0.3) is 5.91 Å². The Morgan fingerprint density at radius 1 is 1.31 bits per heavy atom. The average Bonchev–Trinajstić information content (AvgIpc) is 3.34. The number of para-hydroxylation sites is 1. The fraction of sp³-hybridized carbons (Fsp3) is 0.263. The summed E-state index contributed by atoms with van der Waals surface area (Å²) in [5.41, 5.74) is 1.47. The van der Waals surface area contributed by atoms with E-state index < -0.39 is 0 Å². The van der Waals surface area contributed by atoms with E-state index in [0.29, 0.717) is 51.9 Å². The Morgan fingerprint density at radius 3 is 2.90 bits per heavy atom. The Morgan fingerprint density at radius 2 is 2.14 bits per heavy atom. The van der Waals surface area contributed by atoms with Gasteiger partial charge in [-0.25, -0.2) is 15.0 Å². The molecule has 0 aliphatic carbocycles. The van der Waals surface area contributed by atoms with E-state index in [1.54, 1.807) is 18.5 Å². The Balaban J connectivity index is 1.50. The number of hydrogen-bond donors (Lipinski definition) is 3. The SMILES string of the molecule is Cc1cccc(Cl)c1NC(=O)c1cnc(Nc2nccnc2N2CCC(O)C2)s1. The zero-order chi connectivity index (χ0) is 20.4. The number of aryl methyl sites for hydroxylation is 1. The van der Waals surface area contributed by atoms with Crippen molar-refractivity contribution in [1.29, 1.82) is 0 Å². The van der Waals surface area contributed by atoms with Gasteiger partial charge in [0.1, 0.15) is 4.88 Å². The molecule has 1 aliphatic heterocycles. The number of carbonyl (C=O) groups is 1. The van der Waals surface area contributed by atoms with E-state index in [2.05, 4.69) is 25.6 Å². The third kappa shape index (κ3) is 4.31. The molecule has 4 rings (SSSR count). The van der Waals surface area contributed by atoms with Crippen LogP contribution in [-0.2, 0) is 0 Å². The summed E-state index contributed by atoms with van der Waals surface area (Å²) in [6.07, 6.45) is 5.02. The summed E-state index contributed by atoms with van der Waals surface area (Å²) >= 11 is 7.39. The first-order valence-electron chi connectivity index (χ1n) is 9.04. The Kier molecular flexibility index (Phi) is 5.61. The van der Waals surface area contributed by atoms with Crippen molar-refractivity contribution in [3.8, 4) is 0 Å². The van der Waals surface area contributed by atoms with E-state index in [-0.39, 0.29) is 12.0 Å². The van der Waals surface area contributed by atoms with Crippen LogP contribution in [0.15, 0.2) is 36.8 Å². The van der Waals surface area contributed by atoms with E-state index in [1.165, 1.54) is 17.5 Å². The maximum atomic E-state index is 12.6. The fourth-order valence-corrected chi connectivity index (χ4v) is 4.07. The molecule has 1 saturated heterocycles. The molecule has 0 spiro atoms. The van der Waals surface area contributed by atoms with Crippen molar-refractivity contribution < 1.29 is 9.90 Å². The highest BCUT2D eigenvalue weighted by molar-refractivity contribution is 7.17. The summed E-state index contributed by atoms with van der Waals surface area (Å²) in [4.78, 5) is 28.0. The van der Waals surface area contributed by atoms with Crippen molar-refractivity contribution in [1.82, 2.24) is 15.0 Å². The topological polar surface area (TPSA) is 103 Å². The molecule has 1 aromatic carbocycles. The van der Waals surface area contributed by atoms with Gasteiger partial charge in [0.2, 0.25) is 0 Å². The fourth-order valence-electron chi connectivity index (χ4n) is 3.09. The van der Waals surface area contributed by atoms with E-state index >= 15 is 0 Å². The Bertz CT molecular complexity index is 1020. The van der Waals surface area contributed by atoms with E-state index in [0.717, 1.165) is 5.56 Å². The van der Waals surface area contributed by atoms with Crippen LogP contribution in [0.3, 0.4) is 0 Å². The molecule has 0 bridgehead atoms. The Labute approximate surface area is 176 Å². The van der Waals surface area contributed by atoms with Crippen LogP contribution in [0.2, 0.25) is 5.02 Å². The average molecular weight is 431 g/mol. The van der Waals surface area contributed by atoms with Gasteiger partial charge in [-0.3, -0.25) is 4.79 Å². The second-order valence-electron chi connectivity index (χ2n) is 6.66. The number of carbonyl (C=O) groups excluding carboxylic acids is 1. The minimum atomic E-state index is -0.367. The number of β-amino-alcohol motifs (C(OH)–C–C–N with tert-alkyl or cyclic N) is 1. The van der Waals surface area contributed by atoms with Gasteiger partial charge >= 0.3 is 0 Å². The number of halogens is 1. The number of hydrogen-bond acceptors (Lipinski definition) is 8. The largest absolute Gasteiger partial charge is 0.391 e. The Hall–Kier alpha value is -2.75. The third-order valence-electron chi connectivity index (χ3n) is 4.56. The third-order valence-corrected chi connectivity index (χ3v) is 5.78. The lowest BCUT2D eigenvalue weighted by molar-refractivity contribution is 0.103. The summed E-state index contributed by atoms with van der Waals surface area (Å²) in [5, 5.41) is 16.8. The van der Waals surface area contributed by atoms with Gasteiger partial charge in [0.15, 0.2) is 16.8 Å². The highest BCUT2D eigenvalue weighted by Crippen LogP contribution is 2.30. The van der Waals surface area contributed by atoms with Crippen molar-refractivity contribution in [2.75, 3.05) is 28.6 Å². The van der Waals surface area contributed by atoms with Gasteiger partial charge in [-0.05, 0) is 25.0 Å². The molecular formula is C19H19ClN6O2S. The number of nitrogens with zero attached hydrogens (tertiary/aromatic N) is 4. The van der Waals surface area contributed by atoms with Gasteiger partial charge in [0, 0.05) is 25.5 Å². The van der Waals surface area contributed by atoms with E-state index in [1.807, 2.05) is 24.0 Å². The second-order valence-corrected chi connectivity index (χ2v) is 8.10. The van der Waals surface area contributed by atoms with Gasteiger partial charge in [-0.1, -0.05) is 35.1 Å². The lowest BCUT2D eigenvalue weighted by Crippen LogP contribution is -2.23.